The number of hydrogen-bond donors (Lipinski definition) is 2. The van der Waals surface area contributed by atoms with Crippen LogP contribution in [0.5, 0.6) is 5.75 Å². The summed E-state index contributed by atoms with van der Waals surface area (Å²) < 4.78 is 95.2. The Morgan fingerprint density at radius 1 is 1.02 bits per heavy atom. The molecular formula is C28H32F3N5O7S3. The highest BCUT2D eigenvalue weighted by Crippen LogP contribution is 2.31. The molecule has 1 aromatic heterocycles. The maximum absolute atomic E-state index is 13.7. The number of nitrogens with one attached hydrogen (secondary N) is 2. The number of thiazole rings is 1. The molecule has 0 spiro atoms. The number of carbonyl (C=O) groups is 2. The predicted molar refractivity (Wildman–Crippen MR) is 164 cm³/mol. The van der Waals surface area contributed by atoms with Crippen LogP contribution in [0, 0.1) is 6.92 Å². The van der Waals surface area contributed by atoms with E-state index in [0.717, 1.165) is 70.1 Å². The minimum atomic E-state index is -4.96. The van der Waals surface area contributed by atoms with E-state index in [1.165, 1.54) is 6.92 Å². The fraction of sp³-hybridized carbons (Fsp3) is 0.393. The monoisotopic (exact) mass is 703 g/mol. The first kappa shape index (κ1) is 35.1. The van der Waals surface area contributed by atoms with Crippen LogP contribution in [0.2, 0.25) is 0 Å². The fourth-order valence-corrected chi connectivity index (χ4v) is 7.82. The summed E-state index contributed by atoms with van der Waals surface area (Å²) in [5, 5.41) is 3.05. The van der Waals surface area contributed by atoms with Crippen LogP contribution in [0.1, 0.15) is 39.8 Å². The Hall–Kier alpha value is -3.74. The topological polar surface area (TPSA) is 155 Å². The Morgan fingerprint density at radius 2 is 1.65 bits per heavy atom. The molecule has 0 unspecified atom stereocenters. The van der Waals surface area contributed by atoms with Crippen molar-refractivity contribution < 1.29 is 44.3 Å². The number of carbonyl (C=O) groups excluding carboxylic acids is 2. The smallest absolute Gasteiger partial charge is 0.406 e. The number of sulfonamides is 2. The number of benzene rings is 2. The Balaban J connectivity index is 1.60. The summed E-state index contributed by atoms with van der Waals surface area (Å²) in [5.74, 6) is -2.11. The van der Waals surface area contributed by atoms with E-state index in [1.54, 1.807) is 4.90 Å². The van der Waals surface area contributed by atoms with Crippen molar-refractivity contribution in [3.05, 3.63) is 70.2 Å². The molecule has 1 fully saturated rings. The predicted octanol–water partition coefficient (Wildman–Crippen LogP) is 3.19. The summed E-state index contributed by atoms with van der Waals surface area (Å²) in [4.78, 5) is 31.8. The van der Waals surface area contributed by atoms with Crippen LogP contribution in [0.25, 0.3) is 0 Å². The standard InChI is InChI=1S/C28H32F3N5O7S3/c1-4-5-19-6-8-20(9-7-19)16-32-25(37)23-17-35(27-33-18(2)24(44-27)26(38)34-45(3,39)40)14-15-36(23)46(41,42)22-12-10-21(11-13-22)43-28(29,30)31/h6-13,23H,4-5,14-17H2,1-3H3,(H,32,37)(H,34,38)/t23-/m1/s1. The Kier molecular flexibility index (Phi) is 10.6. The van der Waals surface area contributed by atoms with Gasteiger partial charge in [0, 0.05) is 26.2 Å². The molecule has 1 saturated heterocycles. The lowest BCUT2D eigenvalue weighted by Gasteiger charge is -2.39. The molecule has 4 rings (SSSR count). The summed E-state index contributed by atoms with van der Waals surface area (Å²) >= 11 is 0.888. The lowest BCUT2D eigenvalue weighted by atomic mass is 10.1. The minimum absolute atomic E-state index is 0.0316. The second kappa shape index (κ2) is 13.9. The number of ether oxygens (including phenoxy) is 1. The van der Waals surface area contributed by atoms with Crippen LogP contribution in [-0.2, 0) is 37.8 Å². The van der Waals surface area contributed by atoms with Crippen molar-refractivity contribution in [3.8, 4) is 5.75 Å². The second-order valence-corrected chi connectivity index (χ2v) is 15.1. The van der Waals surface area contributed by atoms with Gasteiger partial charge in [-0.1, -0.05) is 48.9 Å². The molecule has 2 amide bonds. The zero-order valence-electron chi connectivity index (χ0n) is 25.0. The number of alkyl halides is 3. The van der Waals surface area contributed by atoms with Crippen molar-refractivity contribution in [2.75, 3.05) is 30.8 Å². The molecule has 1 atom stereocenters. The van der Waals surface area contributed by atoms with Gasteiger partial charge in [0.2, 0.25) is 26.0 Å². The van der Waals surface area contributed by atoms with Crippen LogP contribution in [0.3, 0.4) is 0 Å². The zero-order chi connectivity index (χ0) is 33.9. The van der Waals surface area contributed by atoms with Crippen LogP contribution in [0.15, 0.2) is 53.4 Å². The lowest BCUT2D eigenvalue weighted by Crippen LogP contribution is -2.60. The summed E-state index contributed by atoms with van der Waals surface area (Å²) in [6.07, 6.45) is -2.26. The van der Waals surface area contributed by atoms with E-state index in [0.29, 0.717) is 0 Å². The molecule has 0 radical (unpaired) electrons. The molecule has 1 aliphatic rings. The van der Waals surface area contributed by atoms with E-state index >= 15 is 0 Å². The molecule has 0 saturated carbocycles. The first-order chi connectivity index (χ1) is 21.5. The van der Waals surface area contributed by atoms with Gasteiger partial charge in [0.05, 0.1) is 16.8 Å². The van der Waals surface area contributed by atoms with Crippen LogP contribution in [-0.4, -0.2) is 76.2 Å². The maximum Gasteiger partial charge on any atom is 0.573 e. The van der Waals surface area contributed by atoms with Gasteiger partial charge in [0.15, 0.2) is 5.13 Å². The quantitative estimate of drug-likeness (QED) is 0.307. The third-order valence-electron chi connectivity index (χ3n) is 6.87. The van der Waals surface area contributed by atoms with Crippen molar-refractivity contribution >= 4 is 48.3 Å². The molecule has 2 N–H and O–H groups in total. The molecule has 3 aromatic rings. The molecule has 2 aromatic carbocycles. The Labute approximate surface area is 268 Å². The summed E-state index contributed by atoms with van der Waals surface area (Å²) in [6.45, 7) is 3.32. The van der Waals surface area contributed by atoms with Gasteiger partial charge in [-0.2, -0.15) is 4.31 Å². The fourth-order valence-electron chi connectivity index (χ4n) is 4.75. The highest BCUT2D eigenvalue weighted by atomic mass is 32.2. The molecule has 0 aliphatic carbocycles. The summed E-state index contributed by atoms with van der Waals surface area (Å²) in [7, 11) is -8.24. The van der Waals surface area contributed by atoms with Gasteiger partial charge in [-0.15, -0.1) is 13.2 Å². The number of aromatic nitrogens is 1. The van der Waals surface area contributed by atoms with Crippen LogP contribution in [0.4, 0.5) is 18.3 Å². The summed E-state index contributed by atoms with van der Waals surface area (Å²) in [6, 6.07) is 9.97. The van der Waals surface area contributed by atoms with Gasteiger partial charge in [0.25, 0.3) is 5.91 Å². The van der Waals surface area contributed by atoms with Crippen molar-refractivity contribution in [1.82, 2.24) is 19.3 Å². The van der Waals surface area contributed by atoms with Gasteiger partial charge in [-0.25, -0.2) is 26.5 Å². The van der Waals surface area contributed by atoms with Crippen LogP contribution >= 0.6 is 11.3 Å². The Morgan fingerprint density at radius 3 is 2.24 bits per heavy atom. The average molecular weight is 704 g/mol. The molecule has 18 heteroatoms. The van der Waals surface area contributed by atoms with Crippen molar-refractivity contribution in [3.63, 3.8) is 0 Å². The highest BCUT2D eigenvalue weighted by Gasteiger charge is 2.41. The average Bonchev–Trinajstić information content (AvgIpc) is 3.37. The molecular weight excluding hydrogens is 672 g/mol. The first-order valence-electron chi connectivity index (χ1n) is 13.9. The van der Waals surface area contributed by atoms with Crippen molar-refractivity contribution in [1.29, 1.82) is 0 Å². The van der Waals surface area contributed by atoms with E-state index in [2.05, 4.69) is 22.0 Å². The number of halogens is 3. The first-order valence-corrected chi connectivity index (χ1v) is 18.1. The second-order valence-electron chi connectivity index (χ2n) is 10.5. The summed E-state index contributed by atoms with van der Waals surface area (Å²) in [5.41, 5.74) is 2.16. The van der Waals surface area contributed by atoms with Gasteiger partial charge in [0.1, 0.15) is 16.7 Å². The normalized spacial score (nSPS) is 16.2. The van der Waals surface area contributed by atoms with Gasteiger partial charge in [-0.05, 0) is 48.7 Å². The number of nitrogens with zero attached hydrogens (tertiary/aromatic N) is 3. The number of piperazine rings is 1. The van der Waals surface area contributed by atoms with Crippen molar-refractivity contribution in [2.45, 2.75) is 50.5 Å². The molecule has 250 valence electrons. The highest BCUT2D eigenvalue weighted by molar-refractivity contribution is 7.89. The molecule has 0 bridgehead atoms. The number of rotatable bonds is 11. The largest absolute Gasteiger partial charge is 0.573 e. The van der Waals surface area contributed by atoms with Gasteiger partial charge in [-0.3, -0.25) is 9.59 Å². The number of aryl methyl sites for hydroxylation is 2. The molecule has 46 heavy (non-hydrogen) atoms. The third kappa shape index (κ3) is 8.95. The molecule has 2 heterocycles. The van der Waals surface area contributed by atoms with Crippen LogP contribution < -0.4 is 19.7 Å². The third-order valence-corrected chi connectivity index (χ3v) is 10.6. The van der Waals surface area contributed by atoms with E-state index in [9.17, 15) is 39.6 Å². The van der Waals surface area contributed by atoms with E-state index in [-0.39, 0.29) is 46.8 Å². The number of amides is 2. The van der Waals surface area contributed by atoms with E-state index < -0.39 is 50.0 Å². The SMILES string of the molecule is CCCc1ccc(CNC(=O)[C@H]2CN(c3nc(C)c(C(=O)NS(C)(=O)=O)s3)CCN2S(=O)(=O)c2ccc(OC(F)(F)F)cc2)cc1. The maximum atomic E-state index is 13.7. The van der Waals surface area contributed by atoms with E-state index in [1.807, 2.05) is 29.0 Å². The van der Waals surface area contributed by atoms with Crippen molar-refractivity contribution in [2.24, 2.45) is 0 Å². The van der Waals surface area contributed by atoms with E-state index in [4.69, 9.17) is 0 Å². The zero-order valence-corrected chi connectivity index (χ0v) is 27.4. The minimum Gasteiger partial charge on any atom is -0.406 e. The number of anilines is 1. The molecule has 12 nitrogen and oxygen atoms in total. The Bertz CT molecular complexity index is 1780. The van der Waals surface area contributed by atoms with Gasteiger partial charge < -0.3 is 15.0 Å². The van der Waals surface area contributed by atoms with Gasteiger partial charge >= 0.3 is 6.36 Å². The number of hydrogen-bond acceptors (Lipinski definition) is 10. The lowest BCUT2D eigenvalue weighted by molar-refractivity contribution is -0.274. The molecule has 1 aliphatic heterocycles.